The first-order chi connectivity index (χ1) is 13.8. The molecule has 8 heteroatoms. The van der Waals surface area contributed by atoms with Crippen LogP contribution in [0.2, 0.25) is 0 Å². The lowest BCUT2D eigenvalue weighted by Crippen LogP contribution is -2.36. The number of benzene rings is 2. The minimum atomic E-state index is -3.35. The summed E-state index contributed by atoms with van der Waals surface area (Å²) >= 11 is 0. The van der Waals surface area contributed by atoms with Gasteiger partial charge in [-0.15, -0.1) is 0 Å². The van der Waals surface area contributed by atoms with E-state index in [9.17, 15) is 13.2 Å². The summed E-state index contributed by atoms with van der Waals surface area (Å²) in [5.74, 6) is 1.21. The molecule has 1 amide bonds. The Morgan fingerprint density at radius 3 is 2.14 bits per heavy atom. The van der Waals surface area contributed by atoms with Crippen LogP contribution in [0.1, 0.15) is 31.1 Å². The smallest absolute Gasteiger partial charge is 0.251 e. The van der Waals surface area contributed by atoms with Crippen molar-refractivity contribution < 1.29 is 22.7 Å². The van der Waals surface area contributed by atoms with Crippen LogP contribution in [0.4, 0.5) is 5.69 Å². The molecule has 0 fully saturated rings. The summed E-state index contributed by atoms with van der Waals surface area (Å²) in [6, 6.07) is 13.5. The number of amides is 1. The Morgan fingerprint density at radius 2 is 1.62 bits per heavy atom. The molecule has 0 heterocycles. The lowest BCUT2D eigenvalue weighted by molar-refractivity contribution is 0.0926. The average Bonchev–Trinajstić information content (AvgIpc) is 2.73. The van der Waals surface area contributed by atoms with E-state index in [0.717, 1.165) is 5.75 Å². The quantitative estimate of drug-likeness (QED) is 0.639. The molecule has 7 nitrogen and oxygen atoms in total. The number of sulfonamides is 1. The van der Waals surface area contributed by atoms with Crippen LogP contribution < -0.4 is 19.1 Å². The largest absolute Gasteiger partial charge is 0.497 e. The third kappa shape index (κ3) is 6.12. The first-order valence-electron chi connectivity index (χ1n) is 9.48. The first kappa shape index (κ1) is 22.5. The van der Waals surface area contributed by atoms with Gasteiger partial charge in [0, 0.05) is 12.1 Å². The fraction of sp³-hybridized carbons (Fsp3) is 0.381. The number of nitrogens with zero attached hydrogens (tertiary/aromatic N) is 1. The van der Waals surface area contributed by atoms with Crippen molar-refractivity contribution in [2.24, 2.45) is 0 Å². The maximum absolute atomic E-state index is 12.4. The number of carbonyl (C=O) groups excluding carboxylic acids is 1. The summed E-state index contributed by atoms with van der Waals surface area (Å²) in [7, 11) is -1.75. The molecule has 0 radical (unpaired) electrons. The van der Waals surface area contributed by atoms with Gasteiger partial charge in [0.25, 0.3) is 5.91 Å². The van der Waals surface area contributed by atoms with Crippen LogP contribution in [0.15, 0.2) is 48.5 Å². The van der Waals surface area contributed by atoms with Crippen molar-refractivity contribution >= 4 is 21.6 Å². The molecular weight excluding hydrogens is 392 g/mol. The summed E-state index contributed by atoms with van der Waals surface area (Å²) < 4.78 is 36.4. The standard InChI is InChI=1S/C21H28N2O5S/c1-5-23(29(25,26)6-2)18-9-7-17(8-10-18)21(24)22-16(3)15-28-20-13-11-19(27-4)12-14-20/h7-14,16H,5-6,15H2,1-4H3,(H,22,24)/t16-/m1/s1. The number of nitrogens with one attached hydrogen (secondary N) is 1. The maximum atomic E-state index is 12.4. The summed E-state index contributed by atoms with van der Waals surface area (Å²) in [5, 5.41) is 2.87. The molecule has 2 aromatic rings. The molecule has 29 heavy (non-hydrogen) atoms. The fourth-order valence-corrected chi connectivity index (χ4v) is 3.86. The second-order valence-electron chi connectivity index (χ2n) is 6.47. The van der Waals surface area contributed by atoms with E-state index in [1.807, 2.05) is 6.92 Å². The Labute approximate surface area is 172 Å². The zero-order valence-electron chi connectivity index (χ0n) is 17.2. The second kappa shape index (κ2) is 10.2. The highest BCUT2D eigenvalue weighted by atomic mass is 32.2. The molecule has 1 atom stereocenters. The minimum absolute atomic E-state index is 0.0226. The van der Waals surface area contributed by atoms with Crippen molar-refractivity contribution in [3.63, 3.8) is 0 Å². The Morgan fingerprint density at radius 1 is 1.03 bits per heavy atom. The fourth-order valence-electron chi connectivity index (χ4n) is 2.72. The van der Waals surface area contributed by atoms with Crippen LogP contribution in [-0.4, -0.2) is 46.4 Å². The van der Waals surface area contributed by atoms with Crippen LogP contribution in [-0.2, 0) is 10.0 Å². The predicted molar refractivity (Wildman–Crippen MR) is 114 cm³/mol. The molecular formula is C21H28N2O5S. The Bertz CT molecular complexity index is 896. The lowest BCUT2D eigenvalue weighted by Gasteiger charge is -2.22. The van der Waals surface area contributed by atoms with Gasteiger partial charge in [-0.3, -0.25) is 9.10 Å². The number of methoxy groups -OCH3 is 1. The predicted octanol–water partition coefficient (Wildman–Crippen LogP) is 3.07. The number of carbonyl (C=O) groups is 1. The summed E-state index contributed by atoms with van der Waals surface area (Å²) in [4.78, 5) is 12.4. The van der Waals surface area contributed by atoms with E-state index < -0.39 is 10.0 Å². The van der Waals surface area contributed by atoms with Crippen molar-refractivity contribution in [1.82, 2.24) is 5.32 Å². The molecule has 0 spiro atoms. The molecule has 0 aliphatic heterocycles. The van der Waals surface area contributed by atoms with E-state index in [-0.39, 0.29) is 17.7 Å². The maximum Gasteiger partial charge on any atom is 0.251 e. The Hall–Kier alpha value is -2.74. The zero-order chi connectivity index (χ0) is 21.4. The lowest BCUT2D eigenvalue weighted by atomic mass is 10.2. The zero-order valence-corrected chi connectivity index (χ0v) is 18.0. The van der Waals surface area contributed by atoms with E-state index >= 15 is 0 Å². The van der Waals surface area contributed by atoms with Gasteiger partial charge in [-0.05, 0) is 69.3 Å². The van der Waals surface area contributed by atoms with E-state index in [0.29, 0.717) is 30.2 Å². The molecule has 1 N–H and O–H groups in total. The molecule has 0 aliphatic rings. The molecule has 0 saturated carbocycles. The Kier molecular flexibility index (Phi) is 7.90. The highest BCUT2D eigenvalue weighted by Crippen LogP contribution is 2.19. The summed E-state index contributed by atoms with van der Waals surface area (Å²) in [6.45, 7) is 5.88. The molecule has 0 unspecified atom stereocenters. The third-order valence-corrected chi connectivity index (χ3v) is 6.21. The minimum Gasteiger partial charge on any atom is -0.497 e. The number of ether oxygens (including phenoxy) is 2. The second-order valence-corrected chi connectivity index (χ2v) is 8.66. The van der Waals surface area contributed by atoms with E-state index in [1.54, 1.807) is 69.5 Å². The van der Waals surface area contributed by atoms with Crippen LogP contribution >= 0.6 is 0 Å². The molecule has 2 aromatic carbocycles. The van der Waals surface area contributed by atoms with Gasteiger partial charge >= 0.3 is 0 Å². The third-order valence-electron chi connectivity index (χ3n) is 4.34. The van der Waals surface area contributed by atoms with Crippen molar-refractivity contribution in [3.05, 3.63) is 54.1 Å². The summed E-state index contributed by atoms with van der Waals surface area (Å²) in [6.07, 6.45) is 0. The van der Waals surface area contributed by atoms with Gasteiger partial charge < -0.3 is 14.8 Å². The highest BCUT2D eigenvalue weighted by Gasteiger charge is 2.19. The van der Waals surface area contributed by atoms with Crippen molar-refractivity contribution in [1.29, 1.82) is 0 Å². The Balaban J connectivity index is 1.94. The molecule has 0 aromatic heterocycles. The monoisotopic (exact) mass is 420 g/mol. The van der Waals surface area contributed by atoms with Gasteiger partial charge in [0.05, 0.1) is 24.6 Å². The van der Waals surface area contributed by atoms with Crippen LogP contribution in [0.3, 0.4) is 0 Å². The summed E-state index contributed by atoms with van der Waals surface area (Å²) in [5.41, 5.74) is 0.997. The van der Waals surface area contributed by atoms with E-state index in [2.05, 4.69) is 5.32 Å². The van der Waals surface area contributed by atoms with Gasteiger partial charge in [-0.1, -0.05) is 0 Å². The van der Waals surface area contributed by atoms with Crippen molar-refractivity contribution in [3.8, 4) is 11.5 Å². The molecule has 2 rings (SSSR count). The average molecular weight is 421 g/mol. The van der Waals surface area contributed by atoms with E-state index in [4.69, 9.17) is 9.47 Å². The highest BCUT2D eigenvalue weighted by molar-refractivity contribution is 7.92. The SMILES string of the molecule is CCN(c1ccc(C(=O)N[C@H](C)COc2ccc(OC)cc2)cc1)S(=O)(=O)CC. The van der Waals surface area contributed by atoms with Crippen LogP contribution in [0.5, 0.6) is 11.5 Å². The van der Waals surface area contributed by atoms with E-state index in [1.165, 1.54) is 4.31 Å². The molecule has 0 aliphatic carbocycles. The van der Waals surface area contributed by atoms with Crippen molar-refractivity contribution in [2.75, 3.05) is 30.3 Å². The molecule has 158 valence electrons. The normalized spacial score (nSPS) is 12.1. The molecule has 0 saturated heterocycles. The number of hydrogen-bond acceptors (Lipinski definition) is 5. The first-order valence-corrected chi connectivity index (χ1v) is 11.1. The van der Waals surface area contributed by atoms with Crippen molar-refractivity contribution in [2.45, 2.75) is 26.8 Å². The topological polar surface area (TPSA) is 84.9 Å². The van der Waals surface area contributed by atoms with Gasteiger partial charge in [0.1, 0.15) is 18.1 Å². The van der Waals surface area contributed by atoms with Crippen LogP contribution in [0.25, 0.3) is 0 Å². The van der Waals surface area contributed by atoms with Gasteiger partial charge in [-0.25, -0.2) is 8.42 Å². The number of anilines is 1. The van der Waals surface area contributed by atoms with Crippen LogP contribution in [0, 0.1) is 0 Å². The molecule has 0 bridgehead atoms. The number of rotatable bonds is 10. The van der Waals surface area contributed by atoms with Gasteiger partial charge in [0.15, 0.2) is 0 Å². The van der Waals surface area contributed by atoms with Gasteiger partial charge in [0.2, 0.25) is 10.0 Å². The number of hydrogen-bond donors (Lipinski definition) is 1. The van der Waals surface area contributed by atoms with Gasteiger partial charge in [-0.2, -0.15) is 0 Å².